The third-order valence-corrected chi connectivity index (χ3v) is 3.17. The summed E-state index contributed by atoms with van der Waals surface area (Å²) >= 11 is 0. The van der Waals surface area contributed by atoms with Gasteiger partial charge in [-0.25, -0.2) is 4.79 Å². The van der Waals surface area contributed by atoms with E-state index in [2.05, 4.69) is 10.5 Å². The lowest BCUT2D eigenvalue weighted by molar-refractivity contribution is -0.129. The van der Waals surface area contributed by atoms with Crippen molar-refractivity contribution in [2.75, 3.05) is 24.3 Å². The van der Waals surface area contributed by atoms with Crippen LogP contribution < -0.4 is 10.2 Å². The highest BCUT2D eigenvalue weighted by Crippen LogP contribution is 2.23. The first-order valence-corrected chi connectivity index (χ1v) is 6.43. The number of carboxylic acid groups (broad SMARTS) is 1. The molecule has 0 radical (unpaired) electrons. The standard InChI is InChI=1S/C14H17N3O4/c1-8-4-5-9(6-11(8)17(2)3)15-13(18)12-7-10(14(19)20)16-21-12/h4-6,12H,7H2,1-3H3,(H,15,18)(H,19,20). The Hall–Kier alpha value is -2.57. The number of anilines is 2. The summed E-state index contributed by atoms with van der Waals surface area (Å²) in [6.45, 7) is 1.98. The van der Waals surface area contributed by atoms with Crippen molar-refractivity contribution in [3.63, 3.8) is 0 Å². The number of carbonyl (C=O) groups is 2. The molecule has 1 aromatic carbocycles. The number of amides is 1. The summed E-state index contributed by atoms with van der Waals surface area (Å²) in [5, 5.41) is 14.9. The maximum atomic E-state index is 12.0. The van der Waals surface area contributed by atoms with Crippen molar-refractivity contribution in [1.82, 2.24) is 0 Å². The van der Waals surface area contributed by atoms with Gasteiger partial charge in [-0.3, -0.25) is 4.79 Å². The van der Waals surface area contributed by atoms with E-state index in [0.717, 1.165) is 11.3 Å². The molecule has 0 aromatic heterocycles. The quantitative estimate of drug-likeness (QED) is 0.870. The Bertz CT molecular complexity index is 610. The van der Waals surface area contributed by atoms with E-state index in [4.69, 9.17) is 9.94 Å². The molecule has 2 N–H and O–H groups in total. The number of hydrogen-bond donors (Lipinski definition) is 2. The van der Waals surface area contributed by atoms with Crippen molar-refractivity contribution in [2.45, 2.75) is 19.4 Å². The number of aliphatic carboxylic acids is 1. The van der Waals surface area contributed by atoms with Gasteiger partial charge in [-0.1, -0.05) is 11.2 Å². The average molecular weight is 291 g/mol. The van der Waals surface area contributed by atoms with Crippen LogP contribution in [0.25, 0.3) is 0 Å². The van der Waals surface area contributed by atoms with Gasteiger partial charge in [-0.2, -0.15) is 0 Å². The Kier molecular flexibility index (Phi) is 4.11. The van der Waals surface area contributed by atoms with Crippen LogP contribution in [0, 0.1) is 6.92 Å². The van der Waals surface area contributed by atoms with Gasteiger partial charge >= 0.3 is 5.97 Å². The van der Waals surface area contributed by atoms with Gasteiger partial charge in [0.15, 0.2) is 5.71 Å². The Morgan fingerprint density at radius 2 is 2.14 bits per heavy atom. The normalized spacial score (nSPS) is 16.9. The summed E-state index contributed by atoms with van der Waals surface area (Å²) in [4.78, 5) is 29.6. The summed E-state index contributed by atoms with van der Waals surface area (Å²) in [6, 6.07) is 5.54. The van der Waals surface area contributed by atoms with Crippen LogP contribution in [0.15, 0.2) is 23.4 Å². The third-order valence-electron chi connectivity index (χ3n) is 3.17. The first-order chi connectivity index (χ1) is 9.88. The minimum absolute atomic E-state index is 0.0342. The number of nitrogens with one attached hydrogen (secondary N) is 1. The first-order valence-electron chi connectivity index (χ1n) is 6.43. The van der Waals surface area contributed by atoms with E-state index in [1.54, 1.807) is 6.07 Å². The molecule has 112 valence electrons. The molecule has 7 nitrogen and oxygen atoms in total. The SMILES string of the molecule is Cc1ccc(NC(=O)C2CC(C(=O)O)=NO2)cc1N(C)C. The Balaban J connectivity index is 2.04. The van der Waals surface area contributed by atoms with Crippen LogP contribution >= 0.6 is 0 Å². The van der Waals surface area contributed by atoms with Gasteiger partial charge in [0.1, 0.15) is 0 Å². The van der Waals surface area contributed by atoms with Crippen LogP contribution in [0.3, 0.4) is 0 Å². The molecule has 21 heavy (non-hydrogen) atoms. The van der Waals surface area contributed by atoms with Gasteiger partial charge in [0, 0.05) is 31.9 Å². The molecule has 0 fully saturated rings. The molecule has 1 heterocycles. The molecule has 1 aliphatic heterocycles. The van der Waals surface area contributed by atoms with Gasteiger partial charge in [-0.05, 0) is 24.6 Å². The second kappa shape index (κ2) is 5.82. The summed E-state index contributed by atoms with van der Waals surface area (Å²) in [6.07, 6.45) is -0.937. The zero-order chi connectivity index (χ0) is 15.6. The van der Waals surface area contributed by atoms with Crippen LogP contribution in [0.5, 0.6) is 0 Å². The monoisotopic (exact) mass is 291 g/mol. The van der Waals surface area contributed by atoms with E-state index >= 15 is 0 Å². The molecule has 1 aliphatic rings. The smallest absolute Gasteiger partial charge is 0.353 e. The molecule has 0 bridgehead atoms. The summed E-state index contributed by atoms with van der Waals surface area (Å²) < 4.78 is 0. The fraction of sp³-hybridized carbons (Fsp3) is 0.357. The largest absolute Gasteiger partial charge is 0.477 e. The van der Waals surface area contributed by atoms with Crippen LogP contribution in [-0.2, 0) is 14.4 Å². The maximum absolute atomic E-state index is 12.0. The van der Waals surface area contributed by atoms with Crippen LogP contribution in [0.2, 0.25) is 0 Å². The average Bonchev–Trinajstić information content (AvgIpc) is 2.90. The molecule has 1 aromatic rings. The molecule has 0 aliphatic carbocycles. The number of hydrogen-bond acceptors (Lipinski definition) is 5. The molecular weight excluding hydrogens is 274 g/mol. The fourth-order valence-corrected chi connectivity index (χ4v) is 2.04. The highest BCUT2D eigenvalue weighted by atomic mass is 16.6. The Labute approximate surface area is 122 Å². The van der Waals surface area contributed by atoms with Crippen LogP contribution in [-0.4, -0.2) is 42.9 Å². The van der Waals surface area contributed by atoms with E-state index in [1.807, 2.05) is 38.1 Å². The van der Waals surface area contributed by atoms with Gasteiger partial charge in [0.05, 0.1) is 0 Å². The highest BCUT2D eigenvalue weighted by Gasteiger charge is 2.31. The molecule has 1 amide bonds. The lowest BCUT2D eigenvalue weighted by Crippen LogP contribution is -2.29. The third kappa shape index (κ3) is 3.31. The van der Waals surface area contributed by atoms with Crippen molar-refractivity contribution in [3.8, 4) is 0 Å². The van der Waals surface area contributed by atoms with Crippen molar-refractivity contribution in [1.29, 1.82) is 0 Å². The van der Waals surface area contributed by atoms with E-state index in [0.29, 0.717) is 5.69 Å². The summed E-state index contributed by atoms with van der Waals surface area (Å²) in [5.74, 6) is -1.58. The maximum Gasteiger partial charge on any atom is 0.353 e. The highest BCUT2D eigenvalue weighted by molar-refractivity contribution is 6.36. The Morgan fingerprint density at radius 3 is 2.71 bits per heavy atom. The Morgan fingerprint density at radius 1 is 1.43 bits per heavy atom. The molecule has 0 saturated heterocycles. The van der Waals surface area contributed by atoms with Gasteiger partial charge in [0.2, 0.25) is 6.10 Å². The fourth-order valence-electron chi connectivity index (χ4n) is 2.04. The molecular formula is C14H17N3O4. The van der Waals surface area contributed by atoms with Crippen molar-refractivity contribution in [2.24, 2.45) is 5.16 Å². The predicted octanol–water partition coefficient (Wildman–Crippen LogP) is 1.23. The van der Waals surface area contributed by atoms with E-state index < -0.39 is 18.0 Å². The van der Waals surface area contributed by atoms with E-state index in [-0.39, 0.29) is 12.1 Å². The second-order valence-corrected chi connectivity index (χ2v) is 5.03. The number of benzene rings is 1. The van der Waals surface area contributed by atoms with Crippen molar-refractivity contribution in [3.05, 3.63) is 23.8 Å². The number of carboxylic acids is 1. The lowest BCUT2D eigenvalue weighted by atomic mass is 10.1. The zero-order valence-electron chi connectivity index (χ0n) is 12.1. The van der Waals surface area contributed by atoms with Gasteiger partial charge < -0.3 is 20.2 Å². The molecule has 0 spiro atoms. The molecule has 7 heteroatoms. The van der Waals surface area contributed by atoms with Gasteiger partial charge in [-0.15, -0.1) is 0 Å². The minimum Gasteiger partial charge on any atom is -0.477 e. The number of aryl methyl sites for hydroxylation is 1. The molecule has 1 unspecified atom stereocenters. The van der Waals surface area contributed by atoms with Crippen molar-refractivity contribution < 1.29 is 19.5 Å². The van der Waals surface area contributed by atoms with Crippen molar-refractivity contribution >= 4 is 29.0 Å². The summed E-state index contributed by atoms with van der Waals surface area (Å²) in [5.41, 5.74) is 2.56. The second-order valence-electron chi connectivity index (χ2n) is 5.03. The molecule has 1 atom stereocenters. The number of oxime groups is 1. The minimum atomic E-state index is -1.17. The predicted molar refractivity (Wildman–Crippen MR) is 78.7 cm³/mol. The number of carbonyl (C=O) groups excluding carboxylic acids is 1. The zero-order valence-corrected chi connectivity index (χ0v) is 12.1. The molecule has 2 rings (SSSR count). The lowest BCUT2D eigenvalue weighted by Gasteiger charge is -2.17. The topological polar surface area (TPSA) is 91.2 Å². The van der Waals surface area contributed by atoms with Crippen LogP contribution in [0.1, 0.15) is 12.0 Å². The van der Waals surface area contributed by atoms with Crippen LogP contribution in [0.4, 0.5) is 11.4 Å². The first kappa shape index (κ1) is 14.8. The molecule has 0 saturated carbocycles. The van der Waals surface area contributed by atoms with E-state index in [9.17, 15) is 9.59 Å². The van der Waals surface area contributed by atoms with E-state index in [1.165, 1.54) is 0 Å². The number of rotatable bonds is 4. The summed E-state index contributed by atoms with van der Waals surface area (Å²) in [7, 11) is 3.84. The van der Waals surface area contributed by atoms with Gasteiger partial charge in [0.25, 0.3) is 5.91 Å². The number of nitrogens with zero attached hydrogens (tertiary/aromatic N) is 2.